The highest BCUT2D eigenvalue weighted by Gasteiger charge is 2.11. The number of aromatic amines is 1. The first-order valence-electron chi connectivity index (χ1n) is 6.06. The lowest BCUT2D eigenvalue weighted by atomic mass is 10.2. The number of rotatable bonds is 7. The molecule has 0 radical (unpaired) electrons. The molecule has 1 aromatic rings. The molecule has 0 aromatic carbocycles. The predicted octanol–water partition coefficient (Wildman–Crippen LogP) is 1.62. The Morgan fingerprint density at radius 2 is 2.00 bits per heavy atom. The van der Waals surface area contributed by atoms with E-state index in [1.54, 1.807) is 6.20 Å². The van der Waals surface area contributed by atoms with Crippen LogP contribution in [0.4, 0.5) is 0 Å². The number of hydrogen-bond acceptors (Lipinski definition) is 3. The van der Waals surface area contributed by atoms with Crippen LogP contribution in [0, 0.1) is 0 Å². The van der Waals surface area contributed by atoms with Crippen molar-refractivity contribution in [1.82, 2.24) is 20.4 Å². The average Bonchev–Trinajstić information content (AvgIpc) is 2.68. The molecule has 4 heteroatoms. The van der Waals surface area contributed by atoms with E-state index in [-0.39, 0.29) is 0 Å². The zero-order valence-electron chi connectivity index (χ0n) is 10.8. The van der Waals surface area contributed by atoms with E-state index in [0.717, 1.165) is 25.3 Å². The van der Waals surface area contributed by atoms with Gasteiger partial charge in [-0.1, -0.05) is 0 Å². The van der Waals surface area contributed by atoms with Crippen molar-refractivity contribution in [3.63, 3.8) is 0 Å². The molecule has 0 aliphatic rings. The van der Waals surface area contributed by atoms with Crippen molar-refractivity contribution in [2.75, 3.05) is 13.1 Å². The summed E-state index contributed by atoms with van der Waals surface area (Å²) in [4.78, 5) is 2.49. The molecule has 0 saturated carbocycles. The first kappa shape index (κ1) is 13.2. The SMILES string of the molecule is CC(C)N(CCNCc1ccn[nH]1)C(C)C. The van der Waals surface area contributed by atoms with Crippen LogP contribution in [0.2, 0.25) is 0 Å². The molecule has 4 nitrogen and oxygen atoms in total. The lowest BCUT2D eigenvalue weighted by Crippen LogP contribution is -2.41. The van der Waals surface area contributed by atoms with Gasteiger partial charge in [-0.15, -0.1) is 0 Å². The maximum Gasteiger partial charge on any atom is 0.0490 e. The van der Waals surface area contributed by atoms with Crippen LogP contribution in [-0.2, 0) is 6.54 Å². The summed E-state index contributed by atoms with van der Waals surface area (Å²) in [6.07, 6.45) is 1.78. The van der Waals surface area contributed by atoms with Crippen LogP contribution in [0.1, 0.15) is 33.4 Å². The lowest BCUT2D eigenvalue weighted by Gasteiger charge is -2.30. The van der Waals surface area contributed by atoms with Crippen LogP contribution < -0.4 is 5.32 Å². The van der Waals surface area contributed by atoms with Crippen molar-refractivity contribution < 1.29 is 0 Å². The molecule has 0 unspecified atom stereocenters. The number of aromatic nitrogens is 2. The highest BCUT2D eigenvalue weighted by atomic mass is 15.2. The fourth-order valence-electron chi connectivity index (χ4n) is 1.93. The van der Waals surface area contributed by atoms with Gasteiger partial charge in [0, 0.05) is 43.6 Å². The summed E-state index contributed by atoms with van der Waals surface area (Å²) in [5.41, 5.74) is 1.14. The Labute approximate surface area is 98.4 Å². The first-order valence-corrected chi connectivity index (χ1v) is 6.06. The molecule has 0 aliphatic carbocycles. The van der Waals surface area contributed by atoms with Crippen molar-refractivity contribution in [3.8, 4) is 0 Å². The van der Waals surface area contributed by atoms with E-state index in [9.17, 15) is 0 Å². The molecule has 0 spiro atoms. The van der Waals surface area contributed by atoms with Gasteiger partial charge in [0.05, 0.1) is 0 Å². The van der Waals surface area contributed by atoms with Gasteiger partial charge in [-0.05, 0) is 33.8 Å². The number of hydrogen-bond donors (Lipinski definition) is 2. The van der Waals surface area contributed by atoms with Crippen molar-refractivity contribution in [2.24, 2.45) is 0 Å². The molecular weight excluding hydrogens is 200 g/mol. The van der Waals surface area contributed by atoms with E-state index in [2.05, 4.69) is 48.1 Å². The van der Waals surface area contributed by atoms with Crippen molar-refractivity contribution in [1.29, 1.82) is 0 Å². The first-order chi connectivity index (χ1) is 7.61. The summed E-state index contributed by atoms with van der Waals surface area (Å²) in [5.74, 6) is 0. The average molecular weight is 224 g/mol. The van der Waals surface area contributed by atoms with Gasteiger partial charge in [-0.25, -0.2) is 0 Å². The van der Waals surface area contributed by atoms with Gasteiger partial charge < -0.3 is 5.32 Å². The number of H-pyrrole nitrogens is 1. The topological polar surface area (TPSA) is 44.0 Å². The third-order valence-corrected chi connectivity index (χ3v) is 2.75. The predicted molar refractivity (Wildman–Crippen MR) is 67.3 cm³/mol. The Morgan fingerprint density at radius 1 is 1.31 bits per heavy atom. The molecule has 1 heterocycles. The second-order valence-electron chi connectivity index (χ2n) is 4.68. The molecule has 2 N–H and O–H groups in total. The second-order valence-corrected chi connectivity index (χ2v) is 4.68. The zero-order valence-corrected chi connectivity index (χ0v) is 10.8. The largest absolute Gasteiger partial charge is 0.310 e. The molecule has 92 valence electrons. The van der Waals surface area contributed by atoms with E-state index in [0.29, 0.717) is 12.1 Å². The quantitative estimate of drug-likeness (QED) is 0.692. The van der Waals surface area contributed by atoms with Crippen LogP contribution in [0.3, 0.4) is 0 Å². The summed E-state index contributed by atoms with van der Waals surface area (Å²) >= 11 is 0. The summed E-state index contributed by atoms with van der Waals surface area (Å²) in [6.45, 7) is 11.9. The second kappa shape index (κ2) is 6.66. The number of nitrogens with zero attached hydrogens (tertiary/aromatic N) is 2. The molecule has 1 aromatic heterocycles. The van der Waals surface area contributed by atoms with E-state index >= 15 is 0 Å². The van der Waals surface area contributed by atoms with Gasteiger partial charge in [0.2, 0.25) is 0 Å². The van der Waals surface area contributed by atoms with Gasteiger partial charge in [0.1, 0.15) is 0 Å². The Balaban J connectivity index is 2.18. The van der Waals surface area contributed by atoms with Crippen LogP contribution in [0.15, 0.2) is 12.3 Å². The lowest BCUT2D eigenvalue weighted by molar-refractivity contribution is 0.175. The van der Waals surface area contributed by atoms with Gasteiger partial charge >= 0.3 is 0 Å². The Bertz CT molecular complexity index is 259. The summed E-state index contributed by atoms with van der Waals surface area (Å²) in [7, 11) is 0. The minimum atomic E-state index is 0.606. The van der Waals surface area contributed by atoms with Crippen molar-refractivity contribution in [3.05, 3.63) is 18.0 Å². The van der Waals surface area contributed by atoms with Crippen molar-refractivity contribution >= 4 is 0 Å². The summed E-state index contributed by atoms with van der Waals surface area (Å²) in [6, 6.07) is 3.21. The zero-order chi connectivity index (χ0) is 12.0. The fraction of sp³-hybridized carbons (Fsp3) is 0.750. The molecule has 16 heavy (non-hydrogen) atoms. The van der Waals surface area contributed by atoms with Gasteiger partial charge in [0.15, 0.2) is 0 Å². The molecule has 0 bridgehead atoms. The summed E-state index contributed by atoms with van der Waals surface area (Å²) in [5, 5.41) is 10.3. The highest BCUT2D eigenvalue weighted by Crippen LogP contribution is 2.03. The van der Waals surface area contributed by atoms with Gasteiger partial charge in [-0.2, -0.15) is 5.10 Å². The Kier molecular flexibility index (Phi) is 5.49. The maximum absolute atomic E-state index is 3.92. The Morgan fingerprint density at radius 3 is 2.50 bits per heavy atom. The highest BCUT2D eigenvalue weighted by molar-refractivity contribution is 4.96. The van der Waals surface area contributed by atoms with Gasteiger partial charge in [0.25, 0.3) is 0 Å². The van der Waals surface area contributed by atoms with E-state index in [1.807, 2.05) is 6.07 Å². The molecule has 0 aliphatic heterocycles. The third kappa shape index (κ3) is 4.33. The summed E-state index contributed by atoms with van der Waals surface area (Å²) < 4.78 is 0. The van der Waals surface area contributed by atoms with E-state index in [4.69, 9.17) is 0 Å². The van der Waals surface area contributed by atoms with E-state index < -0.39 is 0 Å². The standard InChI is InChI=1S/C12H24N4/c1-10(2)16(11(3)4)8-7-13-9-12-5-6-14-15-12/h5-6,10-11,13H,7-9H2,1-4H3,(H,14,15). The molecule has 0 saturated heterocycles. The Hall–Kier alpha value is -0.870. The van der Waals surface area contributed by atoms with E-state index in [1.165, 1.54) is 0 Å². The van der Waals surface area contributed by atoms with Crippen LogP contribution in [-0.4, -0.2) is 40.3 Å². The van der Waals surface area contributed by atoms with Crippen LogP contribution in [0.25, 0.3) is 0 Å². The minimum absolute atomic E-state index is 0.606. The fourth-order valence-corrected chi connectivity index (χ4v) is 1.93. The number of nitrogens with one attached hydrogen (secondary N) is 2. The molecule has 0 atom stereocenters. The minimum Gasteiger partial charge on any atom is -0.310 e. The van der Waals surface area contributed by atoms with Crippen LogP contribution in [0.5, 0.6) is 0 Å². The van der Waals surface area contributed by atoms with Crippen LogP contribution >= 0.6 is 0 Å². The monoisotopic (exact) mass is 224 g/mol. The van der Waals surface area contributed by atoms with Crippen molar-refractivity contribution in [2.45, 2.75) is 46.3 Å². The smallest absolute Gasteiger partial charge is 0.0490 e. The molecule has 1 rings (SSSR count). The maximum atomic E-state index is 3.92. The molecule has 0 fully saturated rings. The normalized spacial score (nSPS) is 11.9. The van der Waals surface area contributed by atoms with Gasteiger partial charge in [-0.3, -0.25) is 10.00 Å². The molecular formula is C12H24N4. The molecule has 0 amide bonds. The third-order valence-electron chi connectivity index (χ3n) is 2.75.